The van der Waals surface area contributed by atoms with Gasteiger partial charge < -0.3 is 13.9 Å². The van der Waals surface area contributed by atoms with Crippen molar-refractivity contribution in [3.8, 4) is 22.8 Å². The van der Waals surface area contributed by atoms with Crippen LogP contribution in [0.15, 0.2) is 41.0 Å². The molecular formula is C12H12O3. The summed E-state index contributed by atoms with van der Waals surface area (Å²) in [5, 5.41) is 0. The zero-order chi connectivity index (χ0) is 10.7. The number of hydrogen-bond acceptors (Lipinski definition) is 3. The Morgan fingerprint density at radius 2 is 1.93 bits per heavy atom. The smallest absolute Gasteiger partial charge is 0.137 e. The van der Waals surface area contributed by atoms with E-state index in [2.05, 4.69) is 0 Å². The SMILES string of the molecule is COc1ccc(OC)c(-c2ccco2)c1. The quantitative estimate of drug-likeness (QED) is 0.770. The van der Waals surface area contributed by atoms with Gasteiger partial charge in [-0.1, -0.05) is 0 Å². The highest BCUT2D eigenvalue weighted by Gasteiger charge is 2.09. The fraction of sp³-hybridized carbons (Fsp3) is 0.167. The second-order valence-corrected chi connectivity index (χ2v) is 3.04. The Kier molecular flexibility index (Phi) is 2.63. The van der Waals surface area contributed by atoms with E-state index < -0.39 is 0 Å². The monoisotopic (exact) mass is 204 g/mol. The summed E-state index contributed by atoms with van der Waals surface area (Å²) in [5.74, 6) is 2.32. The molecule has 2 rings (SSSR count). The van der Waals surface area contributed by atoms with E-state index in [1.165, 1.54) is 0 Å². The highest BCUT2D eigenvalue weighted by molar-refractivity contribution is 5.67. The first-order valence-electron chi connectivity index (χ1n) is 4.61. The molecule has 0 saturated carbocycles. The molecule has 15 heavy (non-hydrogen) atoms. The van der Waals surface area contributed by atoms with E-state index in [0.29, 0.717) is 0 Å². The molecule has 3 heteroatoms. The van der Waals surface area contributed by atoms with Gasteiger partial charge in [0.15, 0.2) is 0 Å². The molecule has 0 aliphatic heterocycles. The molecule has 0 fully saturated rings. The molecule has 0 bridgehead atoms. The van der Waals surface area contributed by atoms with E-state index >= 15 is 0 Å². The van der Waals surface area contributed by atoms with Crippen molar-refractivity contribution in [2.75, 3.05) is 14.2 Å². The van der Waals surface area contributed by atoms with Crippen LogP contribution in [0.2, 0.25) is 0 Å². The molecule has 0 unspecified atom stereocenters. The molecule has 0 saturated heterocycles. The lowest BCUT2D eigenvalue weighted by Gasteiger charge is -2.08. The molecule has 2 aromatic rings. The van der Waals surface area contributed by atoms with E-state index in [9.17, 15) is 0 Å². The number of rotatable bonds is 3. The lowest BCUT2D eigenvalue weighted by Crippen LogP contribution is -1.89. The first-order chi connectivity index (χ1) is 7.35. The summed E-state index contributed by atoms with van der Waals surface area (Å²) in [6.45, 7) is 0. The van der Waals surface area contributed by atoms with E-state index in [1.54, 1.807) is 20.5 Å². The molecular weight excluding hydrogens is 192 g/mol. The first kappa shape index (κ1) is 9.65. The fourth-order valence-electron chi connectivity index (χ4n) is 1.44. The van der Waals surface area contributed by atoms with Gasteiger partial charge in [0.1, 0.15) is 17.3 Å². The maximum absolute atomic E-state index is 5.33. The van der Waals surface area contributed by atoms with Crippen molar-refractivity contribution in [2.24, 2.45) is 0 Å². The zero-order valence-corrected chi connectivity index (χ0v) is 8.69. The molecule has 78 valence electrons. The van der Waals surface area contributed by atoms with Crippen LogP contribution in [0.4, 0.5) is 0 Å². The second-order valence-electron chi connectivity index (χ2n) is 3.04. The lowest BCUT2D eigenvalue weighted by molar-refractivity contribution is 0.403. The average Bonchev–Trinajstić information content (AvgIpc) is 2.81. The van der Waals surface area contributed by atoms with Gasteiger partial charge >= 0.3 is 0 Å². The number of hydrogen-bond donors (Lipinski definition) is 0. The van der Waals surface area contributed by atoms with Crippen LogP contribution in [0.25, 0.3) is 11.3 Å². The molecule has 0 spiro atoms. The largest absolute Gasteiger partial charge is 0.497 e. The molecule has 0 atom stereocenters. The van der Waals surface area contributed by atoms with Gasteiger partial charge in [-0.15, -0.1) is 0 Å². The summed E-state index contributed by atoms with van der Waals surface area (Å²) < 4.78 is 15.7. The Morgan fingerprint density at radius 1 is 1.07 bits per heavy atom. The highest BCUT2D eigenvalue weighted by Crippen LogP contribution is 2.33. The third-order valence-corrected chi connectivity index (χ3v) is 2.19. The summed E-state index contributed by atoms with van der Waals surface area (Å²) >= 11 is 0. The summed E-state index contributed by atoms with van der Waals surface area (Å²) in [7, 11) is 3.27. The van der Waals surface area contributed by atoms with Gasteiger partial charge in [0.25, 0.3) is 0 Å². The van der Waals surface area contributed by atoms with Gasteiger partial charge in [0, 0.05) is 0 Å². The third-order valence-electron chi connectivity index (χ3n) is 2.19. The van der Waals surface area contributed by atoms with Crippen molar-refractivity contribution in [1.29, 1.82) is 0 Å². The Bertz CT molecular complexity index is 432. The lowest BCUT2D eigenvalue weighted by atomic mass is 10.1. The molecule has 1 heterocycles. The van der Waals surface area contributed by atoms with E-state index in [0.717, 1.165) is 22.8 Å². The maximum atomic E-state index is 5.33. The third kappa shape index (κ3) is 1.81. The summed E-state index contributed by atoms with van der Waals surface area (Å²) in [6, 6.07) is 9.32. The summed E-state index contributed by atoms with van der Waals surface area (Å²) in [4.78, 5) is 0. The van der Waals surface area contributed by atoms with E-state index in [1.807, 2.05) is 30.3 Å². The number of furan rings is 1. The topological polar surface area (TPSA) is 31.6 Å². The Balaban J connectivity index is 2.52. The minimum Gasteiger partial charge on any atom is -0.497 e. The number of benzene rings is 1. The molecule has 0 aliphatic rings. The van der Waals surface area contributed by atoms with Crippen LogP contribution >= 0.6 is 0 Å². The minimum atomic E-state index is 0.769. The highest BCUT2D eigenvalue weighted by atomic mass is 16.5. The molecule has 0 amide bonds. The van der Waals surface area contributed by atoms with Crippen LogP contribution in [0.1, 0.15) is 0 Å². The van der Waals surface area contributed by atoms with Gasteiger partial charge in [-0.2, -0.15) is 0 Å². The predicted molar refractivity (Wildman–Crippen MR) is 57.2 cm³/mol. The van der Waals surface area contributed by atoms with Gasteiger partial charge in [-0.25, -0.2) is 0 Å². The normalized spacial score (nSPS) is 10.0. The van der Waals surface area contributed by atoms with Crippen molar-refractivity contribution in [1.82, 2.24) is 0 Å². The molecule has 0 radical (unpaired) electrons. The van der Waals surface area contributed by atoms with Gasteiger partial charge in [-0.05, 0) is 30.3 Å². The van der Waals surface area contributed by atoms with Crippen LogP contribution in [0.3, 0.4) is 0 Å². The van der Waals surface area contributed by atoms with Gasteiger partial charge in [0.05, 0.1) is 26.0 Å². The number of ether oxygens (including phenoxy) is 2. The molecule has 3 nitrogen and oxygen atoms in total. The van der Waals surface area contributed by atoms with Crippen molar-refractivity contribution in [3.05, 3.63) is 36.6 Å². The fourth-order valence-corrected chi connectivity index (χ4v) is 1.44. The van der Waals surface area contributed by atoms with E-state index in [4.69, 9.17) is 13.9 Å². The van der Waals surface area contributed by atoms with Gasteiger partial charge in [-0.3, -0.25) is 0 Å². The maximum Gasteiger partial charge on any atom is 0.137 e. The second kappa shape index (κ2) is 4.09. The predicted octanol–water partition coefficient (Wildman–Crippen LogP) is 2.96. The molecule has 0 aliphatic carbocycles. The van der Waals surface area contributed by atoms with Crippen molar-refractivity contribution >= 4 is 0 Å². The Hall–Kier alpha value is -1.90. The average molecular weight is 204 g/mol. The van der Waals surface area contributed by atoms with Crippen molar-refractivity contribution < 1.29 is 13.9 Å². The molecule has 1 aromatic heterocycles. The number of methoxy groups -OCH3 is 2. The summed E-state index contributed by atoms with van der Waals surface area (Å²) in [6.07, 6.45) is 1.63. The van der Waals surface area contributed by atoms with Crippen LogP contribution in [0.5, 0.6) is 11.5 Å². The minimum absolute atomic E-state index is 0.769. The zero-order valence-electron chi connectivity index (χ0n) is 8.69. The first-order valence-corrected chi connectivity index (χ1v) is 4.61. The van der Waals surface area contributed by atoms with Crippen LogP contribution < -0.4 is 9.47 Å². The Morgan fingerprint density at radius 3 is 2.53 bits per heavy atom. The summed E-state index contributed by atoms with van der Waals surface area (Å²) in [5.41, 5.74) is 0.891. The van der Waals surface area contributed by atoms with Crippen LogP contribution in [-0.4, -0.2) is 14.2 Å². The molecule has 1 aromatic carbocycles. The van der Waals surface area contributed by atoms with Gasteiger partial charge in [0.2, 0.25) is 0 Å². The van der Waals surface area contributed by atoms with Crippen LogP contribution in [0, 0.1) is 0 Å². The van der Waals surface area contributed by atoms with Crippen LogP contribution in [-0.2, 0) is 0 Å². The standard InChI is InChI=1S/C12H12O3/c1-13-9-5-6-11(14-2)10(8-9)12-4-3-7-15-12/h3-8H,1-2H3. The van der Waals surface area contributed by atoms with E-state index in [-0.39, 0.29) is 0 Å². The van der Waals surface area contributed by atoms with Crippen molar-refractivity contribution in [2.45, 2.75) is 0 Å². The Labute approximate surface area is 88.2 Å². The van der Waals surface area contributed by atoms with Crippen molar-refractivity contribution in [3.63, 3.8) is 0 Å². The molecule has 0 N–H and O–H groups in total.